The molecule has 4 N–H and O–H groups in total. The highest BCUT2D eigenvalue weighted by Crippen LogP contribution is 2.27. The topological polar surface area (TPSA) is 110 Å². The summed E-state index contributed by atoms with van der Waals surface area (Å²) >= 11 is 1.42. The van der Waals surface area contributed by atoms with Crippen molar-refractivity contribution in [3.05, 3.63) is 35.0 Å². The van der Waals surface area contributed by atoms with Crippen LogP contribution in [0, 0.1) is 0 Å². The molecule has 0 radical (unpaired) electrons. The maximum absolute atomic E-state index is 12.2. The fourth-order valence-electron chi connectivity index (χ4n) is 1.86. The molecule has 1 unspecified atom stereocenters. The summed E-state index contributed by atoms with van der Waals surface area (Å²) in [6.45, 7) is 1.80. The number of nitrogens with two attached hydrogens (primary N) is 1. The minimum atomic E-state index is -0.309. The second kappa shape index (κ2) is 4.89. The van der Waals surface area contributed by atoms with Crippen molar-refractivity contribution in [2.24, 2.45) is 0 Å². The van der Waals surface area contributed by atoms with Crippen LogP contribution in [0.25, 0.3) is 10.1 Å². The molecule has 102 valence electrons. The maximum atomic E-state index is 12.2. The van der Waals surface area contributed by atoms with Crippen LogP contribution in [0.15, 0.2) is 24.3 Å². The molecule has 1 amide bonds. The number of H-pyrrole nitrogens is 1. The van der Waals surface area contributed by atoms with E-state index in [2.05, 4.69) is 25.9 Å². The molecule has 0 fully saturated rings. The van der Waals surface area contributed by atoms with E-state index in [4.69, 9.17) is 5.73 Å². The first-order valence-electron chi connectivity index (χ1n) is 5.97. The fraction of sp³-hybridized carbons (Fsp3) is 0.167. The largest absolute Gasteiger partial charge is 0.399 e. The first-order valence-corrected chi connectivity index (χ1v) is 6.78. The summed E-state index contributed by atoms with van der Waals surface area (Å²) in [5, 5.41) is 17.3. The molecule has 1 atom stereocenters. The van der Waals surface area contributed by atoms with E-state index in [-0.39, 0.29) is 11.9 Å². The minimum Gasteiger partial charge on any atom is -0.399 e. The Morgan fingerprint density at radius 1 is 1.45 bits per heavy atom. The summed E-state index contributed by atoms with van der Waals surface area (Å²) in [4.78, 5) is 12.8. The first kappa shape index (κ1) is 12.5. The Hall–Kier alpha value is -2.48. The lowest BCUT2D eigenvalue weighted by molar-refractivity contribution is 0.0942. The van der Waals surface area contributed by atoms with Crippen molar-refractivity contribution in [1.29, 1.82) is 0 Å². The maximum Gasteiger partial charge on any atom is 0.261 e. The molecule has 3 rings (SSSR count). The van der Waals surface area contributed by atoms with Crippen LogP contribution in [0.2, 0.25) is 0 Å². The summed E-state index contributed by atoms with van der Waals surface area (Å²) in [6, 6.07) is 7.10. The van der Waals surface area contributed by atoms with Gasteiger partial charge in [-0.2, -0.15) is 5.21 Å². The normalized spacial score (nSPS) is 12.4. The predicted molar refractivity (Wildman–Crippen MR) is 76.3 cm³/mol. The SMILES string of the molecule is CC(NC(=O)c1cc2cc(N)ccc2s1)c1nn[nH]n1. The molecule has 0 saturated carbocycles. The van der Waals surface area contributed by atoms with E-state index in [1.807, 2.05) is 24.3 Å². The number of amides is 1. The average molecular weight is 288 g/mol. The molecular weight excluding hydrogens is 276 g/mol. The van der Waals surface area contributed by atoms with E-state index in [1.165, 1.54) is 11.3 Å². The zero-order chi connectivity index (χ0) is 14.1. The van der Waals surface area contributed by atoms with Crippen molar-refractivity contribution >= 4 is 33.0 Å². The number of nitrogen functional groups attached to an aromatic ring is 1. The molecule has 20 heavy (non-hydrogen) atoms. The van der Waals surface area contributed by atoms with Crippen LogP contribution in [0.1, 0.15) is 28.5 Å². The van der Waals surface area contributed by atoms with E-state index < -0.39 is 0 Å². The number of tetrazole rings is 1. The van der Waals surface area contributed by atoms with Crippen LogP contribution in [0.5, 0.6) is 0 Å². The Morgan fingerprint density at radius 2 is 2.30 bits per heavy atom. The van der Waals surface area contributed by atoms with Gasteiger partial charge in [-0.15, -0.1) is 21.5 Å². The van der Waals surface area contributed by atoms with E-state index in [0.717, 1.165) is 10.1 Å². The Labute approximate surface area is 118 Å². The molecule has 8 heteroatoms. The van der Waals surface area contributed by atoms with Crippen molar-refractivity contribution in [3.63, 3.8) is 0 Å². The van der Waals surface area contributed by atoms with Gasteiger partial charge in [0.15, 0.2) is 5.82 Å². The van der Waals surface area contributed by atoms with Gasteiger partial charge < -0.3 is 11.1 Å². The number of carbonyl (C=O) groups is 1. The Morgan fingerprint density at radius 3 is 3.05 bits per heavy atom. The van der Waals surface area contributed by atoms with Gasteiger partial charge in [-0.05, 0) is 36.6 Å². The predicted octanol–water partition coefficient (Wildman–Crippen LogP) is 1.49. The summed E-state index contributed by atoms with van der Waals surface area (Å²) in [5.41, 5.74) is 6.41. The van der Waals surface area contributed by atoms with E-state index >= 15 is 0 Å². The Bertz CT molecular complexity index is 750. The number of nitrogens with one attached hydrogen (secondary N) is 2. The Balaban J connectivity index is 1.82. The molecule has 1 aromatic carbocycles. The molecule has 0 aliphatic heterocycles. The third-order valence-corrected chi connectivity index (χ3v) is 3.98. The molecule has 0 aliphatic carbocycles. The van der Waals surface area contributed by atoms with Gasteiger partial charge in [-0.3, -0.25) is 4.79 Å². The molecule has 7 nitrogen and oxygen atoms in total. The molecule has 3 aromatic rings. The number of aromatic amines is 1. The van der Waals surface area contributed by atoms with Crippen LogP contribution in [0.4, 0.5) is 5.69 Å². The molecule has 2 heterocycles. The summed E-state index contributed by atoms with van der Waals surface area (Å²) in [6.07, 6.45) is 0. The quantitative estimate of drug-likeness (QED) is 0.632. The van der Waals surface area contributed by atoms with E-state index in [1.54, 1.807) is 6.92 Å². The fourth-order valence-corrected chi connectivity index (χ4v) is 2.81. The van der Waals surface area contributed by atoms with Gasteiger partial charge in [-0.25, -0.2) is 0 Å². The number of anilines is 1. The number of hydrogen-bond donors (Lipinski definition) is 3. The van der Waals surface area contributed by atoms with Crippen LogP contribution in [0.3, 0.4) is 0 Å². The number of hydrogen-bond acceptors (Lipinski definition) is 6. The number of benzene rings is 1. The molecule has 0 saturated heterocycles. The van der Waals surface area contributed by atoms with Crippen molar-refractivity contribution in [2.45, 2.75) is 13.0 Å². The van der Waals surface area contributed by atoms with E-state index in [9.17, 15) is 4.79 Å². The van der Waals surface area contributed by atoms with Gasteiger partial charge in [0, 0.05) is 10.4 Å². The number of carbonyl (C=O) groups excluding carboxylic acids is 1. The minimum absolute atomic E-state index is 0.165. The monoisotopic (exact) mass is 288 g/mol. The van der Waals surface area contributed by atoms with Crippen molar-refractivity contribution in [3.8, 4) is 0 Å². The molecule has 0 bridgehead atoms. The number of thiophene rings is 1. The summed E-state index contributed by atoms with van der Waals surface area (Å²) in [7, 11) is 0. The first-order chi connectivity index (χ1) is 9.63. The number of rotatable bonds is 3. The van der Waals surface area contributed by atoms with Gasteiger partial charge in [0.1, 0.15) is 0 Å². The van der Waals surface area contributed by atoms with Crippen molar-refractivity contribution < 1.29 is 4.79 Å². The second-order valence-corrected chi connectivity index (χ2v) is 5.46. The van der Waals surface area contributed by atoms with Crippen molar-refractivity contribution in [1.82, 2.24) is 25.9 Å². The van der Waals surface area contributed by atoms with Crippen LogP contribution < -0.4 is 11.1 Å². The molecule has 0 spiro atoms. The number of fused-ring (bicyclic) bond motifs is 1. The zero-order valence-electron chi connectivity index (χ0n) is 10.6. The lowest BCUT2D eigenvalue weighted by atomic mass is 10.2. The zero-order valence-corrected chi connectivity index (χ0v) is 11.4. The van der Waals surface area contributed by atoms with Crippen molar-refractivity contribution in [2.75, 3.05) is 5.73 Å². The van der Waals surface area contributed by atoms with Gasteiger partial charge in [0.05, 0.1) is 10.9 Å². The Kier molecular flexibility index (Phi) is 3.07. The molecular formula is C12H12N6OS. The van der Waals surface area contributed by atoms with Crippen LogP contribution in [-0.4, -0.2) is 26.5 Å². The molecule has 2 aromatic heterocycles. The number of aromatic nitrogens is 4. The third kappa shape index (κ3) is 2.32. The summed E-state index contributed by atoms with van der Waals surface area (Å²) in [5.74, 6) is 0.283. The van der Waals surface area contributed by atoms with Gasteiger partial charge in [-0.1, -0.05) is 5.21 Å². The van der Waals surface area contributed by atoms with Gasteiger partial charge >= 0.3 is 0 Å². The lowest BCUT2D eigenvalue weighted by Crippen LogP contribution is -2.26. The summed E-state index contributed by atoms with van der Waals surface area (Å²) < 4.78 is 1.02. The van der Waals surface area contributed by atoms with Crippen LogP contribution in [-0.2, 0) is 0 Å². The van der Waals surface area contributed by atoms with Gasteiger partial charge in [0.25, 0.3) is 5.91 Å². The third-order valence-electron chi connectivity index (χ3n) is 2.86. The highest BCUT2D eigenvalue weighted by molar-refractivity contribution is 7.20. The van der Waals surface area contributed by atoms with Crippen LogP contribution >= 0.6 is 11.3 Å². The highest BCUT2D eigenvalue weighted by atomic mass is 32.1. The van der Waals surface area contributed by atoms with Gasteiger partial charge in [0.2, 0.25) is 0 Å². The molecule has 0 aliphatic rings. The highest BCUT2D eigenvalue weighted by Gasteiger charge is 2.16. The second-order valence-electron chi connectivity index (χ2n) is 4.37. The average Bonchev–Trinajstić information content (AvgIpc) is 3.07. The standard InChI is InChI=1S/C12H12N6OS/c1-6(11-15-17-18-16-11)14-12(19)10-5-7-4-8(13)2-3-9(7)20-10/h2-6H,13H2,1H3,(H,14,19)(H,15,16,17,18). The smallest absolute Gasteiger partial charge is 0.261 e. The number of nitrogens with zero attached hydrogens (tertiary/aromatic N) is 3. The lowest BCUT2D eigenvalue weighted by Gasteiger charge is -2.08. The van der Waals surface area contributed by atoms with E-state index in [0.29, 0.717) is 16.4 Å².